The molecule has 0 radical (unpaired) electrons. The summed E-state index contributed by atoms with van der Waals surface area (Å²) in [5.74, 6) is -0.0211. The molecule has 0 saturated heterocycles. The van der Waals surface area contributed by atoms with Gasteiger partial charge < -0.3 is 4.90 Å². The average molecular weight is 374 g/mol. The molecule has 2 aromatic heterocycles. The molecule has 0 unspecified atom stereocenters. The Bertz CT molecular complexity index is 615. The molecule has 0 spiro atoms. The minimum absolute atomic E-state index is 0.0211. The number of carbonyl (C=O) groups is 1. The van der Waals surface area contributed by atoms with E-state index in [0.717, 1.165) is 15.0 Å². The van der Waals surface area contributed by atoms with Crippen LogP contribution in [0.15, 0.2) is 15.2 Å². The van der Waals surface area contributed by atoms with E-state index in [4.69, 9.17) is 0 Å². The van der Waals surface area contributed by atoms with Gasteiger partial charge in [-0.15, -0.1) is 16.4 Å². The van der Waals surface area contributed by atoms with E-state index in [9.17, 15) is 4.79 Å². The Morgan fingerprint density at radius 2 is 2.15 bits per heavy atom. The van der Waals surface area contributed by atoms with Crippen molar-refractivity contribution in [3.8, 4) is 0 Å². The first-order valence-electron chi connectivity index (χ1n) is 6.10. The van der Waals surface area contributed by atoms with E-state index in [1.807, 2.05) is 32.2 Å². The van der Waals surface area contributed by atoms with Crippen LogP contribution in [0, 0.1) is 0 Å². The van der Waals surface area contributed by atoms with Crippen LogP contribution in [0.5, 0.6) is 0 Å². The van der Waals surface area contributed by atoms with Crippen molar-refractivity contribution in [2.75, 3.05) is 7.05 Å². The molecule has 2 rings (SSSR count). The summed E-state index contributed by atoms with van der Waals surface area (Å²) < 4.78 is 5.01. The van der Waals surface area contributed by atoms with Gasteiger partial charge in [-0.3, -0.25) is 4.79 Å². The highest BCUT2D eigenvalue weighted by molar-refractivity contribution is 9.11. The summed E-state index contributed by atoms with van der Waals surface area (Å²) in [5.41, 5.74) is 1.71. The summed E-state index contributed by atoms with van der Waals surface area (Å²) in [7, 11) is 1.81. The van der Waals surface area contributed by atoms with Crippen LogP contribution in [-0.4, -0.2) is 27.4 Å². The maximum absolute atomic E-state index is 12.5. The predicted octanol–water partition coefficient (Wildman–Crippen LogP) is 3.93. The molecule has 0 N–H and O–H groups in total. The topological polar surface area (TPSA) is 46.1 Å². The number of rotatable bonds is 3. The fourth-order valence-corrected chi connectivity index (χ4v) is 3.84. The van der Waals surface area contributed by atoms with Crippen molar-refractivity contribution in [2.45, 2.75) is 32.7 Å². The number of thiophene rings is 1. The normalized spacial score (nSPS) is 11.7. The van der Waals surface area contributed by atoms with Crippen LogP contribution in [0.25, 0.3) is 0 Å². The molecule has 7 heteroatoms. The highest BCUT2D eigenvalue weighted by atomic mass is 79.9. The lowest BCUT2D eigenvalue weighted by molar-refractivity contribution is 0.0787. The summed E-state index contributed by atoms with van der Waals surface area (Å²) in [5, 5.41) is 6.16. The van der Waals surface area contributed by atoms with Gasteiger partial charge in [0.1, 0.15) is 4.88 Å². The molecule has 0 aliphatic heterocycles. The molecular formula is C13H16BrN3OS2. The number of amides is 1. The van der Waals surface area contributed by atoms with E-state index < -0.39 is 0 Å². The van der Waals surface area contributed by atoms with Crippen molar-refractivity contribution in [2.24, 2.45) is 0 Å². The molecule has 0 fully saturated rings. The molecule has 108 valence electrons. The van der Waals surface area contributed by atoms with E-state index in [2.05, 4.69) is 25.5 Å². The maximum Gasteiger partial charge on any atom is 0.267 e. The van der Waals surface area contributed by atoms with Gasteiger partial charge in [0.25, 0.3) is 5.91 Å². The molecule has 20 heavy (non-hydrogen) atoms. The minimum Gasteiger partial charge on any atom is -0.337 e. The number of hydrogen-bond acceptors (Lipinski definition) is 5. The monoisotopic (exact) mass is 373 g/mol. The van der Waals surface area contributed by atoms with Crippen molar-refractivity contribution in [1.29, 1.82) is 0 Å². The van der Waals surface area contributed by atoms with Gasteiger partial charge in [-0.2, -0.15) is 0 Å². The second kappa shape index (κ2) is 5.91. The van der Waals surface area contributed by atoms with Gasteiger partial charge >= 0.3 is 0 Å². The van der Waals surface area contributed by atoms with Gasteiger partial charge in [0, 0.05) is 19.0 Å². The smallest absolute Gasteiger partial charge is 0.267 e. The van der Waals surface area contributed by atoms with E-state index in [0.29, 0.717) is 11.4 Å². The van der Waals surface area contributed by atoms with Crippen LogP contribution in [0.4, 0.5) is 0 Å². The van der Waals surface area contributed by atoms with Gasteiger partial charge in [-0.25, -0.2) is 0 Å². The Morgan fingerprint density at radius 1 is 1.45 bits per heavy atom. The number of carbonyl (C=O) groups excluding carboxylic acids is 1. The van der Waals surface area contributed by atoms with E-state index in [1.54, 1.807) is 23.3 Å². The molecule has 2 heterocycles. The molecular weight excluding hydrogens is 358 g/mol. The lowest BCUT2D eigenvalue weighted by Crippen LogP contribution is -2.28. The van der Waals surface area contributed by atoms with Crippen LogP contribution in [0.3, 0.4) is 0 Å². The zero-order valence-electron chi connectivity index (χ0n) is 11.8. The summed E-state index contributed by atoms with van der Waals surface area (Å²) in [6.45, 7) is 6.70. The van der Waals surface area contributed by atoms with Crippen molar-refractivity contribution >= 4 is 44.7 Å². The first-order valence-corrected chi connectivity index (χ1v) is 8.55. The van der Waals surface area contributed by atoms with Crippen LogP contribution in [0.1, 0.15) is 41.7 Å². The SMILES string of the molecule is CN(Cc1csc(Br)c1)C(=O)c1snnc1C(C)(C)C. The molecule has 2 aromatic rings. The summed E-state index contributed by atoms with van der Waals surface area (Å²) in [6, 6.07) is 2.03. The first kappa shape index (κ1) is 15.6. The predicted molar refractivity (Wildman–Crippen MR) is 86.4 cm³/mol. The number of nitrogens with zero attached hydrogens (tertiary/aromatic N) is 3. The quantitative estimate of drug-likeness (QED) is 0.818. The third-order valence-electron chi connectivity index (χ3n) is 2.78. The summed E-state index contributed by atoms with van der Waals surface area (Å²) >= 11 is 6.22. The fraction of sp³-hybridized carbons (Fsp3) is 0.462. The standard InChI is InChI=1S/C13H16BrN3OS2/c1-13(2,3)11-10(20-16-15-11)12(18)17(4)6-8-5-9(14)19-7-8/h5,7H,6H2,1-4H3. The van der Waals surface area contributed by atoms with Gasteiger partial charge in [-0.1, -0.05) is 25.3 Å². The van der Waals surface area contributed by atoms with Gasteiger partial charge in [0.15, 0.2) is 0 Å². The number of aromatic nitrogens is 2. The van der Waals surface area contributed by atoms with Crippen molar-refractivity contribution in [3.05, 3.63) is 31.4 Å². The molecule has 4 nitrogen and oxygen atoms in total. The number of hydrogen-bond donors (Lipinski definition) is 0. The van der Waals surface area contributed by atoms with Crippen LogP contribution >= 0.6 is 38.8 Å². The Morgan fingerprint density at radius 3 is 2.70 bits per heavy atom. The molecule has 0 aliphatic rings. The second-order valence-corrected chi connectivity index (χ2v) is 8.67. The van der Waals surface area contributed by atoms with Crippen LogP contribution < -0.4 is 0 Å². The molecule has 0 aromatic carbocycles. The van der Waals surface area contributed by atoms with Crippen LogP contribution in [-0.2, 0) is 12.0 Å². The zero-order valence-corrected chi connectivity index (χ0v) is 15.0. The average Bonchev–Trinajstić information content (AvgIpc) is 2.96. The minimum atomic E-state index is -0.176. The summed E-state index contributed by atoms with van der Waals surface area (Å²) in [6.07, 6.45) is 0. The second-order valence-electron chi connectivity index (χ2n) is 5.62. The van der Waals surface area contributed by atoms with Crippen LogP contribution in [0.2, 0.25) is 0 Å². The first-order chi connectivity index (χ1) is 9.29. The van der Waals surface area contributed by atoms with Crippen molar-refractivity contribution in [3.63, 3.8) is 0 Å². The third-order valence-corrected chi connectivity index (χ3v) is 5.05. The zero-order chi connectivity index (χ0) is 14.9. The third kappa shape index (κ3) is 3.45. The Hall–Kier alpha value is -0.790. The van der Waals surface area contributed by atoms with Gasteiger partial charge in [-0.05, 0) is 44.5 Å². The number of halogens is 1. The molecule has 0 bridgehead atoms. The van der Waals surface area contributed by atoms with Gasteiger partial charge in [0.05, 0.1) is 9.48 Å². The van der Waals surface area contributed by atoms with Crippen molar-refractivity contribution < 1.29 is 4.79 Å². The molecule has 1 amide bonds. The highest BCUT2D eigenvalue weighted by Gasteiger charge is 2.28. The maximum atomic E-state index is 12.5. The van der Waals surface area contributed by atoms with E-state index >= 15 is 0 Å². The summed E-state index contributed by atoms with van der Waals surface area (Å²) in [4.78, 5) is 14.9. The Labute approximate surface area is 135 Å². The Balaban J connectivity index is 2.17. The van der Waals surface area contributed by atoms with Crippen molar-refractivity contribution in [1.82, 2.24) is 14.5 Å². The fourth-order valence-electron chi connectivity index (χ4n) is 1.77. The Kier molecular flexibility index (Phi) is 4.61. The molecule has 0 saturated carbocycles. The molecule has 0 atom stereocenters. The lowest BCUT2D eigenvalue weighted by atomic mass is 9.91. The van der Waals surface area contributed by atoms with Gasteiger partial charge in [0.2, 0.25) is 0 Å². The largest absolute Gasteiger partial charge is 0.337 e. The van der Waals surface area contributed by atoms with E-state index in [-0.39, 0.29) is 11.3 Å². The van der Waals surface area contributed by atoms with E-state index in [1.165, 1.54) is 11.5 Å². The highest BCUT2D eigenvalue weighted by Crippen LogP contribution is 2.27. The lowest BCUT2D eigenvalue weighted by Gasteiger charge is -2.20. The molecule has 0 aliphatic carbocycles.